The highest BCUT2D eigenvalue weighted by molar-refractivity contribution is 6.30. The smallest absolute Gasteiger partial charge is 0.257 e. The molecule has 1 N–H and O–H groups in total. The van der Waals surface area contributed by atoms with Gasteiger partial charge in [-0.05, 0) is 48.0 Å². The quantitative estimate of drug-likeness (QED) is 0.727. The van der Waals surface area contributed by atoms with Gasteiger partial charge in [-0.3, -0.25) is 9.78 Å². The van der Waals surface area contributed by atoms with E-state index in [0.29, 0.717) is 34.2 Å². The van der Waals surface area contributed by atoms with Crippen LogP contribution in [-0.2, 0) is 6.61 Å². The molecule has 128 valence electrons. The summed E-state index contributed by atoms with van der Waals surface area (Å²) in [5, 5.41) is 12.8. The van der Waals surface area contributed by atoms with E-state index in [2.05, 4.69) is 16.4 Å². The molecule has 0 atom stereocenters. The topological polar surface area (TPSA) is 75.0 Å². The first-order valence-electron chi connectivity index (χ1n) is 7.78. The maximum atomic E-state index is 12.2. The van der Waals surface area contributed by atoms with Crippen LogP contribution in [0.3, 0.4) is 0 Å². The number of pyridine rings is 1. The second kappa shape index (κ2) is 8.15. The number of carbonyl (C=O) groups is 1. The number of amides is 1. The highest BCUT2D eigenvalue weighted by Gasteiger charge is 2.09. The molecule has 0 saturated carbocycles. The van der Waals surface area contributed by atoms with Crippen LogP contribution in [0.2, 0.25) is 5.02 Å². The van der Waals surface area contributed by atoms with Gasteiger partial charge in [0.05, 0.1) is 11.1 Å². The summed E-state index contributed by atoms with van der Waals surface area (Å²) in [6.07, 6.45) is 3.07. The van der Waals surface area contributed by atoms with Crippen molar-refractivity contribution in [2.45, 2.75) is 6.61 Å². The molecule has 2 aromatic carbocycles. The van der Waals surface area contributed by atoms with E-state index in [4.69, 9.17) is 16.3 Å². The standard InChI is InChI=1S/C20H14ClN3O2/c21-17-5-3-14(4-6-17)13-26-19-8-7-18(10-16(19)11-22)24-20(25)15-2-1-9-23-12-15/h1-10,12H,13H2,(H,24,25). The van der Waals surface area contributed by atoms with Crippen molar-refractivity contribution in [1.82, 2.24) is 4.98 Å². The lowest BCUT2D eigenvalue weighted by Gasteiger charge is -2.10. The third-order valence-electron chi connectivity index (χ3n) is 3.59. The Morgan fingerprint density at radius 3 is 2.69 bits per heavy atom. The van der Waals surface area contributed by atoms with Crippen LogP contribution in [-0.4, -0.2) is 10.9 Å². The minimum atomic E-state index is -0.295. The minimum absolute atomic E-state index is 0.295. The Balaban J connectivity index is 1.70. The van der Waals surface area contributed by atoms with Crippen molar-refractivity contribution < 1.29 is 9.53 Å². The number of ether oxygens (including phenoxy) is 1. The van der Waals surface area contributed by atoms with Crippen molar-refractivity contribution >= 4 is 23.2 Å². The number of nitriles is 1. The zero-order chi connectivity index (χ0) is 18.4. The summed E-state index contributed by atoms with van der Waals surface area (Å²) in [4.78, 5) is 16.1. The van der Waals surface area contributed by atoms with Crippen LogP contribution >= 0.6 is 11.6 Å². The van der Waals surface area contributed by atoms with Crippen molar-refractivity contribution in [3.63, 3.8) is 0 Å². The molecule has 3 rings (SSSR count). The van der Waals surface area contributed by atoms with E-state index in [9.17, 15) is 10.1 Å². The molecule has 0 aliphatic rings. The predicted molar refractivity (Wildman–Crippen MR) is 99.1 cm³/mol. The molecule has 5 nitrogen and oxygen atoms in total. The lowest BCUT2D eigenvalue weighted by atomic mass is 10.1. The molecule has 0 fully saturated rings. The molecule has 0 radical (unpaired) electrons. The van der Waals surface area contributed by atoms with E-state index in [1.165, 1.54) is 6.20 Å². The Kier molecular flexibility index (Phi) is 5.47. The largest absolute Gasteiger partial charge is 0.488 e. The van der Waals surface area contributed by atoms with Crippen LogP contribution in [0.1, 0.15) is 21.5 Å². The molecular weight excluding hydrogens is 350 g/mol. The molecule has 0 unspecified atom stereocenters. The van der Waals surface area contributed by atoms with Crippen LogP contribution in [0.5, 0.6) is 5.75 Å². The Labute approximate surface area is 155 Å². The average molecular weight is 364 g/mol. The van der Waals surface area contributed by atoms with Gasteiger partial charge in [-0.2, -0.15) is 5.26 Å². The summed E-state index contributed by atoms with van der Waals surface area (Å²) in [5.41, 5.74) is 2.22. The van der Waals surface area contributed by atoms with Crippen molar-refractivity contribution in [2.75, 3.05) is 5.32 Å². The monoisotopic (exact) mass is 363 g/mol. The number of anilines is 1. The number of nitrogens with zero attached hydrogens (tertiary/aromatic N) is 2. The van der Waals surface area contributed by atoms with Crippen molar-refractivity contribution in [2.24, 2.45) is 0 Å². The predicted octanol–water partition coefficient (Wildman–Crippen LogP) is 4.44. The molecule has 0 saturated heterocycles. The molecule has 0 spiro atoms. The Hall–Kier alpha value is -3.36. The third-order valence-corrected chi connectivity index (χ3v) is 3.84. The molecule has 26 heavy (non-hydrogen) atoms. The van der Waals surface area contributed by atoms with E-state index in [1.54, 1.807) is 48.7 Å². The van der Waals surface area contributed by atoms with Gasteiger partial charge in [-0.1, -0.05) is 23.7 Å². The summed E-state index contributed by atoms with van der Waals surface area (Å²) >= 11 is 5.86. The summed E-state index contributed by atoms with van der Waals surface area (Å²) in [7, 11) is 0. The minimum Gasteiger partial charge on any atom is -0.488 e. The fraction of sp³-hybridized carbons (Fsp3) is 0.0500. The fourth-order valence-corrected chi connectivity index (χ4v) is 2.39. The number of carbonyl (C=O) groups excluding carboxylic acids is 1. The van der Waals surface area contributed by atoms with Gasteiger partial charge >= 0.3 is 0 Å². The lowest BCUT2D eigenvalue weighted by molar-refractivity contribution is 0.102. The van der Waals surface area contributed by atoms with E-state index < -0.39 is 0 Å². The van der Waals surface area contributed by atoms with Gasteiger partial charge in [-0.25, -0.2) is 0 Å². The molecule has 6 heteroatoms. The van der Waals surface area contributed by atoms with Crippen molar-refractivity contribution in [3.8, 4) is 11.8 Å². The summed E-state index contributed by atoms with van der Waals surface area (Å²) in [6, 6.07) is 17.6. The first-order valence-corrected chi connectivity index (χ1v) is 8.16. The van der Waals surface area contributed by atoms with Gasteiger partial charge < -0.3 is 10.1 Å². The number of rotatable bonds is 5. The molecule has 1 aromatic heterocycles. The van der Waals surface area contributed by atoms with Gasteiger partial charge in [-0.15, -0.1) is 0 Å². The summed E-state index contributed by atoms with van der Waals surface area (Å²) in [6.45, 7) is 0.313. The normalized spacial score (nSPS) is 10.0. The van der Waals surface area contributed by atoms with Crippen molar-refractivity contribution in [1.29, 1.82) is 5.26 Å². The summed E-state index contributed by atoms with van der Waals surface area (Å²) in [5.74, 6) is 0.152. The van der Waals surface area contributed by atoms with Crippen LogP contribution in [0.4, 0.5) is 5.69 Å². The average Bonchev–Trinajstić information content (AvgIpc) is 2.68. The number of halogens is 1. The maximum absolute atomic E-state index is 12.2. The molecule has 0 bridgehead atoms. The van der Waals surface area contributed by atoms with Gasteiger partial charge in [0.25, 0.3) is 5.91 Å². The van der Waals surface area contributed by atoms with Gasteiger partial charge in [0, 0.05) is 23.1 Å². The van der Waals surface area contributed by atoms with Crippen LogP contribution in [0, 0.1) is 11.3 Å². The maximum Gasteiger partial charge on any atom is 0.257 e. The van der Waals surface area contributed by atoms with E-state index in [0.717, 1.165) is 5.56 Å². The molecule has 0 aliphatic heterocycles. The van der Waals surface area contributed by atoms with Crippen LogP contribution in [0.15, 0.2) is 67.0 Å². The summed E-state index contributed by atoms with van der Waals surface area (Å²) < 4.78 is 5.71. The number of hydrogen-bond donors (Lipinski definition) is 1. The molecule has 0 aliphatic carbocycles. The van der Waals surface area contributed by atoms with Gasteiger partial charge in [0.15, 0.2) is 0 Å². The van der Waals surface area contributed by atoms with Crippen LogP contribution < -0.4 is 10.1 Å². The number of nitrogens with one attached hydrogen (secondary N) is 1. The first-order chi connectivity index (χ1) is 12.7. The molecule has 3 aromatic rings. The van der Waals surface area contributed by atoms with Gasteiger partial charge in [0.2, 0.25) is 0 Å². The van der Waals surface area contributed by atoms with Gasteiger partial charge in [0.1, 0.15) is 18.4 Å². The molecule has 1 heterocycles. The van der Waals surface area contributed by atoms with E-state index in [-0.39, 0.29) is 5.91 Å². The zero-order valence-corrected chi connectivity index (χ0v) is 14.4. The number of benzene rings is 2. The van der Waals surface area contributed by atoms with E-state index >= 15 is 0 Å². The second-order valence-corrected chi connectivity index (χ2v) is 5.87. The fourth-order valence-electron chi connectivity index (χ4n) is 2.26. The van der Waals surface area contributed by atoms with Crippen molar-refractivity contribution in [3.05, 3.63) is 88.7 Å². The zero-order valence-electron chi connectivity index (χ0n) is 13.6. The Morgan fingerprint density at radius 2 is 2.00 bits per heavy atom. The lowest BCUT2D eigenvalue weighted by Crippen LogP contribution is -2.12. The third kappa shape index (κ3) is 4.38. The van der Waals surface area contributed by atoms with Crippen LogP contribution in [0.25, 0.3) is 0 Å². The SMILES string of the molecule is N#Cc1cc(NC(=O)c2cccnc2)ccc1OCc1ccc(Cl)cc1. The number of hydrogen-bond acceptors (Lipinski definition) is 4. The number of aromatic nitrogens is 1. The highest BCUT2D eigenvalue weighted by Crippen LogP contribution is 2.24. The Bertz CT molecular complexity index is 951. The Morgan fingerprint density at radius 1 is 1.19 bits per heavy atom. The highest BCUT2D eigenvalue weighted by atomic mass is 35.5. The van der Waals surface area contributed by atoms with E-state index in [1.807, 2.05) is 12.1 Å². The molecular formula is C20H14ClN3O2. The second-order valence-electron chi connectivity index (χ2n) is 5.43. The first kappa shape index (κ1) is 17.5. The molecule has 1 amide bonds.